The number of nitrogens with zero attached hydrogens (tertiary/aromatic N) is 1. The first-order valence-corrected chi connectivity index (χ1v) is 8.46. The molecule has 6 heteroatoms. The summed E-state index contributed by atoms with van der Waals surface area (Å²) in [5.74, 6) is -0.0558. The average Bonchev–Trinajstić information content (AvgIpc) is 2.58. The minimum Gasteiger partial charge on any atom is -0.325 e. The van der Waals surface area contributed by atoms with Crippen molar-refractivity contribution in [2.75, 3.05) is 22.5 Å². The number of carbonyl (C=O) groups excluding carboxylic acids is 3. The molecule has 0 unspecified atom stereocenters. The lowest BCUT2D eigenvalue weighted by Gasteiger charge is -2.28. The van der Waals surface area contributed by atoms with Crippen molar-refractivity contribution in [3.63, 3.8) is 0 Å². The van der Waals surface area contributed by atoms with Crippen molar-refractivity contribution in [3.8, 4) is 0 Å². The maximum absolute atomic E-state index is 12.3. The Bertz CT molecular complexity index is 802. The van der Waals surface area contributed by atoms with Crippen LogP contribution in [-0.4, -0.2) is 29.9 Å². The van der Waals surface area contributed by atoms with Gasteiger partial charge in [-0.15, -0.1) is 11.8 Å². The summed E-state index contributed by atoms with van der Waals surface area (Å²) in [6.07, 6.45) is 0. The van der Waals surface area contributed by atoms with E-state index in [0.29, 0.717) is 17.0 Å². The predicted molar refractivity (Wildman–Crippen MR) is 94.6 cm³/mol. The lowest BCUT2D eigenvalue weighted by atomic mass is 10.1. The topological polar surface area (TPSA) is 66.5 Å². The SMILES string of the molecule is CC(=O)c1ccc(NC(=O)CN2C(=O)CSc3ccccc32)cc1. The fourth-order valence-electron chi connectivity index (χ4n) is 2.46. The largest absolute Gasteiger partial charge is 0.325 e. The lowest BCUT2D eigenvalue weighted by Crippen LogP contribution is -2.41. The number of hydrogen-bond donors (Lipinski definition) is 1. The third-order valence-electron chi connectivity index (χ3n) is 3.69. The minimum atomic E-state index is -0.277. The van der Waals surface area contributed by atoms with Gasteiger partial charge in [0.1, 0.15) is 6.54 Å². The van der Waals surface area contributed by atoms with Crippen LogP contribution in [0.15, 0.2) is 53.4 Å². The number of fused-ring (bicyclic) bond motifs is 1. The molecule has 3 rings (SSSR count). The first-order chi connectivity index (χ1) is 11.5. The van der Waals surface area contributed by atoms with Gasteiger partial charge in [0.15, 0.2) is 5.78 Å². The van der Waals surface area contributed by atoms with Crippen molar-refractivity contribution in [1.29, 1.82) is 0 Å². The zero-order valence-electron chi connectivity index (χ0n) is 13.1. The Hall–Kier alpha value is -2.60. The molecule has 0 bridgehead atoms. The van der Waals surface area contributed by atoms with Crippen molar-refractivity contribution in [3.05, 3.63) is 54.1 Å². The number of nitrogens with one attached hydrogen (secondary N) is 1. The minimum absolute atomic E-state index is 0.0269. The van der Waals surface area contributed by atoms with E-state index in [-0.39, 0.29) is 24.1 Å². The van der Waals surface area contributed by atoms with E-state index in [4.69, 9.17) is 0 Å². The van der Waals surface area contributed by atoms with Gasteiger partial charge in [0.2, 0.25) is 11.8 Å². The van der Waals surface area contributed by atoms with E-state index in [0.717, 1.165) is 10.6 Å². The zero-order valence-corrected chi connectivity index (χ0v) is 13.9. The third kappa shape index (κ3) is 3.49. The van der Waals surface area contributed by atoms with Gasteiger partial charge < -0.3 is 10.2 Å². The van der Waals surface area contributed by atoms with E-state index in [1.165, 1.54) is 23.6 Å². The Morgan fingerprint density at radius 2 is 1.83 bits per heavy atom. The summed E-state index contributed by atoms with van der Waals surface area (Å²) in [5, 5.41) is 2.76. The highest BCUT2D eigenvalue weighted by Gasteiger charge is 2.26. The molecule has 1 heterocycles. The molecule has 0 spiro atoms. The Balaban J connectivity index is 1.70. The van der Waals surface area contributed by atoms with Crippen molar-refractivity contribution in [1.82, 2.24) is 0 Å². The van der Waals surface area contributed by atoms with Gasteiger partial charge in [-0.1, -0.05) is 12.1 Å². The number of hydrogen-bond acceptors (Lipinski definition) is 4. The fraction of sp³-hybridized carbons (Fsp3) is 0.167. The first kappa shape index (κ1) is 16.3. The van der Waals surface area contributed by atoms with Gasteiger partial charge in [-0.25, -0.2) is 0 Å². The second-order valence-corrected chi connectivity index (χ2v) is 6.44. The Morgan fingerprint density at radius 1 is 1.12 bits per heavy atom. The number of Topliss-reactive ketones (excluding diaryl/α,β-unsaturated/α-hetero) is 1. The number of amides is 2. The molecule has 0 aromatic heterocycles. The van der Waals surface area contributed by atoms with E-state index in [1.54, 1.807) is 24.3 Å². The highest BCUT2D eigenvalue weighted by Crippen LogP contribution is 2.34. The standard InChI is InChI=1S/C18H16N2O3S/c1-12(21)13-6-8-14(9-7-13)19-17(22)10-20-15-4-2-3-5-16(15)24-11-18(20)23/h2-9H,10-11H2,1H3,(H,19,22). The smallest absolute Gasteiger partial charge is 0.244 e. The molecular formula is C18H16N2O3S. The molecule has 0 radical (unpaired) electrons. The number of carbonyl (C=O) groups is 3. The van der Waals surface area contributed by atoms with Gasteiger partial charge >= 0.3 is 0 Å². The lowest BCUT2D eigenvalue weighted by molar-refractivity contribution is -0.120. The summed E-state index contributed by atoms with van der Waals surface area (Å²) in [4.78, 5) is 38.2. The second kappa shape index (κ2) is 6.88. The number of thioether (sulfide) groups is 1. The van der Waals surface area contributed by atoms with Crippen molar-refractivity contribution >= 4 is 40.7 Å². The molecule has 2 amide bonds. The summed E-state index contributed by atoms with van der Waals surface area (Å²) in [5.41, 5.74) is 1.95. The van der Waals surface area contributed by atoms with E-state index < -0.39 is 0 Å². The van der Waals surface area contributed by atoms with Crippen LogP contribution in [0.1, 0.15) is 17.3 Å². The molecule has 0 saturated heterocycles. The van der Waals surface area contributed by atoms with Crippen molar-refractivity contribution in [2.24, 2.45) is 0 Å². The van der Waals surface area contributed by atoms with Crippen molar-refractivity contribution in [2.45, 2.75) is 11.8 Å². The van der Waals surface area contributed by atoms with Gasteiger partial charge in [0.05, 0.1) is 11.4 Å². The predicted octanol–water partition coefficient (Wildman–Crippen LogP) is 2.97. The third-order valence-corrected chi connectivity index (χ3v) is 4.73. The summed E-state index contributed by atoms with van der Waals surface area (Å²) in [7, 11) is 0. The van der Waals surface area contributed by atoms with Crippen LogP contribution in [-0.2, 0) is 9.59 Å². The Kier molecular flexibility index (Phi) is 4.66. The van der Waals surface area contributed by atoms with Crippen LogP contribution in [0.4, 0.5) is 11.4 Å². The summed E-state index contributed by atoms with van der Waals surface area (Å²) in [6, 6.07) is 14.2. The summed E-state index contributed by atoms with van der Waals surface area (Å²) >= 11 is 1.48. The van der Waals surface area contributed by atoms with Gasteiger partial charge in [-0.2, -0.15) is 0 Å². The first-order valence-electron chi connectivity index (χ1n) is 7.47. The van der Waals surface area contributed by atoms with Gasteiger partial charge in [-0.3, -0.25) is 14.4 Å². The maximum atomic E-state index is 12.3. The molecule has 5 nitrogen and oxygen atoms in total. The van der Waals surface area contributed by atoms with Crippen LogP contribution in [0.3, 0.4) is 0 Å². The normalized spacial score (nSPS) is 13.4. The van der Waals surface area contributed by atoms with Crippen LogP contribution >= 0.6 is 11.8 Å². The molecule has 1 aliphatic heterocycles. The zero-order chi connectivity index (χ0) is 17.1. The molecule has 2 aromatic rings. The molecule has 122 valence electrons. The second-order valence-electron chi connectivity index (χ2n) is 5.42. The molecule has 1 aliphatic rings. The number of para-hydroxylation sites is 1. The molecule has 0 atom stereocenters. The molecular weight excluding hydrogens is 324 g/mol. The fourth-order valence-corrected chi connectivity index (χ4v) is 3.40. The van der Waals surface area contributed by atoms with E-state index in [2.05, 4.69) is 5.32 Å². The van der Waals surface area contributed by atoms with Crippen LogP contribution in [0.2, 0.25) is 0 Å². The van der Waals surface area contributed by atoms with Crippen LogP contribution in [0.5, 0.6) is 0 Å². The Morgan fingerprint density at radius 3 is 2.54 bits per heavy atom. The molecule has 0 fully saturated rings. The molecule has 0 aliphatic carbocycles. The summed E-state index contributed by atoms with van der Waals surface area (Å²) < 4.78 is 0. The highest BCUT2D eigenvalue weighted by atomic mass is 32.2. The molecule has 24 heavy (non-hydrogen) atoms. The average molecular weight is 340 g/mol. The van der Waals surface area contributed by atoms with Crippen LogP contribution < -0.4 is 10.2 Å². The maximum Gasteiger partial charge on any atom is 0.244 e. The highest BCUT2D eigenvalue weighted by molar-refractivity contribution is 8.00. The number of benzene rings is 2. The van der Waals surface area contributed by atoms with Gasteiger partial charge in [0.25, 0.3) is 0 Å². The molecule has 0 saturated carbocycles. The molecule has 2 aromatic carbocycles. The van der Waals surface area contributed by atoms with Gasteiger partial charge in [-0.05, 0) is 43.3 Å². The van der Waals surface area contributed by atoms with E-state index >= 15 is 0 Å². The van der Waals surface area contributed by atoms with Crippen molar-refractivity contribution < 1.29 is 14.4 Å². The monoisotopic (exact) mass is 340 g/mol. The molecule has 1 N–H and O–H groups in total. The van der Waals surface area contributed by atoms with Crippen LogP contribution in [0, 0.1) is 0 Å². The van der Waals surface area contributed by atoms with Crippen LogP contribution in [0.25, 0.3) is 0 Å². The van der Waals surface area contributed by atoms with Gasteiger partial charge in [0, 0.05) is 16.1 Å². The quantitative estimate of drug-likeness (QED) is 0.869. The Labute approximate surface area is 144 Å². The van der Waals surface area contributed by atoms with E-state index in [1.807, 2.05) is 24.3 Å². The number of anilines is 2. The van der Waals surface area contributed by atoms with E-state index in [9.17, 15) is 14.4 Å². The summed E-state index contributed by atoms with van der Waals surface area (Å²) in [6.45, 7) is 1.45. The number of rotatable bonds is 4. The number of ketones is 1.